The quantitative estimate of drug-likeness (QED) is 0.501. The lowest BCUT2D eigenvalue weighted by Gasteiger charge is -2.41. The summed E-state index contributed by atoms with van der Waals surface area (Å²) >= 11 is 0. The Kier molecular flexibility index (Phi) is 8.13. The van der Waals surface area contributed by atoms with Crippen LogP contribution in [-0.2, 0) is 9.47 Å². The van der Waals surface area contributed by atoms with Gasteiger partial charge < -0.3 is 9.47 Å². The topological polar surface area (TPSA) is 18.5 Å². The van der Waals surface area contributed by atoms with Crippen LogP contribution in [0.2, 0.25) is 0 Å². The molecule has 0 N–H and O–H groups in total. The number of halogens is 2. The number of rotatable bonds is 6. The first-order chi connectivity index (χ1) is 13.1. The molecule has 0 aromatic carbocycles. The van der Waals surface area contributed by atoms with Gasteiger partial charge in [0.15, 0.2) is 6.29 Å². The molecule has 3 aliphatic rings. The number of hydrogen-bond donors (Lipinski definition) is 0. The molecule has 0 aromatic heterocycles. The second-order valence-corrected chi connectivity index (χ2v) is 9.37. The molecule has 0 amide bonds. The van der Waals surface area contributed by atoms with Crippen LogP contribution < -0.4 is 0 Å². The fraction of sp³-hybridized carbons (Fsp3) is 0.913. The first-order valence-corrected chi connectivity index (χ1v) is 11.3. The van der Waals surface area contributed by atoms with Crippen molar-refractivity contribution >= 4 is 0 Å². The highest BCUT2D eigenvalue weighted by atomic mass is 19.3. The molecule has 1 heterocycles. The molecule has 0 spiro atoms. The van der Waals surface area contributed by atoms with Crippen LogP contribution in [0.1, 0.15) is 78.1 Å². The zero-order chi connectivity index (χ0) is 19.2. The molecule has 27 heavy (non-hydrogen) atoms. The van der Waals surface area contributed by atoms with Crippen molar-refractivity contribution in [3.05, 3.63) is 12.2 Å². The molecule has 3 fully saturated rings. The van der Waals surface area contributed by atoms with E-state index in [0.29, 0.717) is 17.8 Å². The molecule has 3 rings (SSSR count). The van der Waals surface area contributed by atoms with Crippen molar-refractivity contribution in [3.63, 3.8) is 0 Å². The summed E-state index contributed by atoms with van der Waals surface area (Å²) in [6.45, 7) is 6.27. The van der Waals surface area contributed by atoms with E-state index >= 15 is 0 Å². The molecular formula is C23H38F2O2. The van der Waals surface area contributed by atoms with Crippen molar-refractivity contribution in [2.45, 2.75) is 84.3 Å². The van der Waals surface area contributed by atoms with Gasteiger partial charge in [-0.15, -0.1) is 0 Å². The summed E-state index contributed by atoms with van der Waals surface area (Å²) in [7, 11) is 0. The maximum atomic E-state index is 12.4. The summed E-state index contributed by atoms with van der Waals surface area (Å²) in [5.74, 6) is 3.41. The van der Waals surface area contributed by atoms with Crippen molar-refractivity contribution in [1.82, 2.24) is 0 Å². The highest BCUT2D eigenvalue weighted by Gasteiger charge is 2.36. The normalized spacial score (nSPS) is 39.0. The zero-order valence-corrected chi connectivity index (χ0v) is 17.2. The summed E-state index contributed by atoms with van der Waals surface area (Å²) in [5, 5.41) is 0. The zero-order valence-electron chi connectivity index (χ0n) is 17.2. The lowest BCUT2D eigenvalue weighted by Crippen LogP contribution is -2.40. The van der Waals surface area contributed by atoms with Gasteiger partial charge in [-0.25, -0.2) is 0 Å². The molecule has 1 aliphatic heterocycles. The van der Waals surface area contributed by atoms with E-state index in [1.807, 2.05) is 0 Å². The maximum absolute atomic E-state index is 12.4. The Bertz CT molecular complexity index is 453. The summed E-state index contributed by atoms with van der Waals surface area (Å²) < 4.78 is 37.1. The Labute approximate surface area is 164 Å². The summed E-state index contributed by atoms with van der Waals surface area (Å²) in [5.41, 5.74) is 0. The van der Waals surface area contributed by atoms with Crippen molar-refractivity contribution in [3.8, 4) is 0 Å². The molecule has 2 saturated carbocycles. The predicted molar refractivity (Wildman–Crippen MR) is 104 cm³/mol. The molecular weight excluding hydrogens is 346 g/mol. The average molecular weight is 385 g/mol. The lowest BCUT2D eigenvalue weighted by atomic mass is 9.69. The number of ether oxygens (including phenoxy) is 2. The minimum Gasteiger partial charge on any atom is -0.352 e. The standard InChI is InChI=1S/C23H38F2O2/c1-3-4-16(2)21-14-26-23(27-15-21)20-11-9-19(10-12-20)18-7-5-17(6-8-18)13-22(24)25/h13,16-21,23H,3-12,14-15H2,1-2H3. The van der Waals surface area contributed by atoms with Gasteiger partial charge in [-0.05, 0) is 81.1 Å². The third-order valence-electron chi connectivity index (χ3n) is 7.54. The van der Waals surface area contributed by atoms with Crippen LogP contribution in [-0.4, -0.2) is 19.5 Å². The Balaban J connectivity index is 1.37. The molecule has 0 radical (unpaired) electrons. The first kappa shape index (κ1) is 21.2. The van der Waals surface area contributed by atoms with Crippen LogP contribution in [0.3, 0.4) is 0 Å². The van der Waals surface area contributed by atoms with E-state index in [9.17, 15) is 8.78 Å². The third-order valence-corrected chi connectivity index (χ3v) is 7.54. The average Bonchev–Trinajstić information content (AvgIpc) is 2.69. The van der Waals surface area contributed by atoms with Gasteiger partial charge in [0.1, 0.15) is 0 Å². The van der Waals surface area contributed by atoms with E-state index in [0.717, 1.165) is 50.7 Å². The molecule has 0 bridgehead atoms. The van der Waals surface area contributed by atoms with Gasteiger partial charge in [-0.3, -0.25) is 0 Å². The van der Waals surface area contributed by atoms with E-state index in [-0.39, 0.29) is 12.2 Å². The highest BCUT2D eigenvalue weighted by Crippen LogP contribution is 2.43. The van der Waals surface area contributed by atoms with Crippen LogP contribution in [0, 0.1) is 35.5 Å². The van der Waals surface area contributed by atoms with Gasteiger partial charge in [-0.1, -0.05) is 26.7 Å². The number of allylic oxidation sites excluding steroid dienone is 1. The second kappa shape index (κ2) is 10.3. The Morgan fingerprint density at radius 1 is 0.889 bits per heavy atom. The molecule has 0 aromatic rings. The summed E-state index contributed by atoms with van der Waals surface area (Å²) in [4.78, 5) is 0. The van der Waals surface area contributed by atoms with Gasteiger partial charge in [0.25, 0.3) is 6.08 Å². The van der Waals surface area contributed by atoms with Crippen LogP contribution >= 0.6 is 0 Å². The summed E-state index contributed by atoms with van der Waals surface area (Å²) in [6, 6.07) is 0. The smallest absolute Gasteiger partial charge is 0.266 e. The van der Waals surface area contributed by atoms with Gasteiger partial charge in [0.05, 0.1) is 13.2 Å². The van der Waals surface area contributed by atoms with Crippen LogP contribution in [0.15, 0.2) is 12.2 Å². The molecule has 1 unspecified atom stereocenters. The largest absolute Gasteiger partial charge is 0.352 e. The van der Waals surface area contributed by atoms with Crippen LogP contribution in [0.5, 0.6) is 0 Å². The van der Waals surface area contributed by atoms with Crippen molar-refractivity contribution in [2.75, 3.05) is 13.2 Å². The molecule has 156 valence electrons. The highest BCUT2D eigenvalue weighted by molar-refractivity contribution is 4.92. The minimum atomic E-state index is -1.50. The van der Waals surface area contributed by atoms with E-state index in [1.54, 1.807) is 0 Å². The first-order valence-electron chi connectivity index (χ1n) is 11.3. The minimum absolute atomic E-state index is 0.00410. The molecule has 2 nitrogen and oxygen atoms in total. The fourth-order valence-corrected chi connectivity index (χ4v) is 5.67. The van der Waals surface area contributed by atoms with Crippen molar-refractivity contribution < 1.29 is 18.3 Å². The van der Waals surface area contributed by atoms with E-state index in [1.165, 1.54) is 44.6 Å². The maximum Gasteiger partial charge on any atom is 0.266 e. The van der Waals surface area contributed by atoms with Crippen LogP contribution in [0.25, 0.3) is 0 Å². The third kappa shape index (κ3) is 6.00. The van der Waals surface area contributed by atoms with E-state index in [4.69, 9.17) is 9.47 Å². The molecule has 2 aliphatic carbocycles. The van der Waals surface area contributed by atoms with Gasteiger partial charge in [-0.2, -0.15) is 8.78 Å². The van der Waals surface area contributed by atoms with Crippen molar-refractivity contribution in [1.29, 1.82) is 0 Å². The fourth-order valence-electron chi connectivity index (χ4n) is 5.67. The SMILES string of the molecule is CCCC(C)C1COC(C2CCC(C3CCC(C=C(F)F)CC3)CC2)OC1. The molecule has 4 heteroatoms. The lowest BCUT2D eigenvalue weighted by molar-refractivity contribution is -0.235. The van der Waals surface area contributed by atoms with Crippen LogP contribution in [0.4, 0.5) is 8.78 Å². The number of hydrogen-bond acceptors (Lipinski definition) is 2. The van der Waals surface area contributed by atoms with Gasteiger partial charge >= 0.3 is 0 Å². The van der Waals surface area contributed by atoms with Gasteiger partial charge in [0.2, 0.25) is 0 Å². The monoisotopic (exact) mass is 384 g/mol. The Morgan fingerprint density at radius 2 is 1.41 bits per heavy atom. The predicted octanol–water partition coefficient (Wildman–Crippen LogP) is 6.80. The Hall–Kier alpha value is -0.480. The van der Waals surface area contributed by atoms with E-state index < -0.39 is 6.08 Å². The van der Waals surface area contributed by atoms with Gasteiger partial charge in [0, 0.05) is 11.8 Å². The van der Waals surface area contributed by atoms with Crippen molar-refractivity contribution in [2.24, 2.45) is 35.5 Å². The Morgan fingerprint density at radius 3 is 1.93 bits per heavy atom. The second-order valence-electron chi connectivity index (χ2n) is 9.37. The summed E-state index contributed by atoms with van der Waals surface area (Å²) in [6.07, 6.45) is 11.2. The van der Waals surface area contributed by atoms with E-state index in [2.05, 4.69) is 13.8 Å². The molecule has 1 saturated heterocycles. The molecule has 1 atom stereocenters.